The minimum Gasteiger partial charge on any atom is -0.339 e. The number of nitrogens with zero attached hydrogens (tertiary/aromatic N) is 1. The van der Waals surface area contributed by atoms with Crippen molar-refractivity contribution in [3.63, 3.8) is 0 Å². The molecule has 1 atom stereocenters. The Morgan fingerprint density at radius 1 is 1.47 bits per heavy atom. The van der Waals surface area contributed by atoms with Crippen LogP contribution < -0.4 is 5.73 Å². The van der Waals surface area contributed by atoms with E-state index in [0.29, 0.717) is 16.5 Å². The van der Waals surface area contributed by atoms with Gasteiger partial charge < -0.3 is 10.6 Å². The smallest absolute Gasteiger partial charge is 0.255 e. The number of hydrogen-bond acceptors (Lipinski definition) is 2. The van der Waals surface area contributed by atoms with Crippen LogP contribution in [0.1, 0.15) is 30.1 Å². The van der Waals surface area contributed by atoms with Gasteiger partial charge in [-0.2, -0.15) is 0 Å². The number of benzene rings is 1. The van der Waals surface area contributed by atoms with Crippen molar-refractivity contribution in [3.8, 4) is 0 Å². The third-order valence-electron chi connectivity index (χ3n) is 3.73. The maximum atomic E-state index is 12.4. The molecule has 5 heteroatoms. The summed E-state index contributed by atoms with van der Waals surface area (Å²) in [5.74, 6) is 0.532. The Kier molecular flexibility index (Phi) is 4.87. The fourth-order valence-electron chi connectivity index (χ4n) is 2.46. The summed E-state index contributed by atoms with van der Waals surface area (Å²) in [7, 11) is 0. The number of likely N-dealkylation sites (tertiary alicyclic amines) is 1. The first-order chi connectivity index (χ1) is 8.99. The summed E-state index contributed by atoms with van der Waals surface area (Å²) in [6.07, 6.45) is 1.94. The van der Waals surface area contributed by atoms with Crippen LogP contribution in [0.5, 0.6) is 0 Å². The Bertz CT molecular complexity index is 471. The fourth-order valence-corrected chi connectivity index (χ4v) is 3.22. The lowest BCUT2D eigenvalue weighted by atomic mass is 9.90. The van der Waals surface area contributed by atoms with Crippen LogP contribution in [0, 0.1) is 5.92 Å². The van der Waals surface area contributed by atoms with Crippen LogP contribution >= 0.6 is 27.5 Å². The topological polar surface area (TPSA) is 46.3 Å². The first kappa shape index (κ1) is 14.8. The molecule has 1 aliphatic heterocycles. The lowest BCUT2D eigenvalue weighted by Gasteiger charge is -2.33. The molecular weight excluding hydrogens is 328 g/mol. The molecule has 1 saturated heterocycles. The molecule has 3 nitrogen and oxygen atoms in total. The van der Waals surface area contributed by atoms with Crippen molar-refractivity contribution in [1.29, 1.82) is 0 Å². The van der Waals surface area contributed by atoms with Gasteiger partial charge in [0.05, 0.1) is 10.6 Å². The molecule has 2 N–H and O–H groups in total. The average Bonchev–Trinajstić information content (AvgIpc) is 2.38. The summed E-state index contributed by atoms with van der Waals surface area (Å²) in [5, 5.41) is 0.494. The molecule has 1 aromatic carbocycles. The van der Waals surface area contributed by atoms with Gasteiger partial charge in [0.15, 0.2) is 0 Å². The Hall–Kier alpha value is -0.580. The Balaban J connectivity index is 2.05. The van der Waals surface area contributed by atoms with Crippen LogP contribution in [-0.4, -0.2) is 29.9 Å². The molecular formula is C14H18BrClN2O. The van der Waals surface area contributed by atoms with Gasteiger partial charge in [0, 0.05) is 23.6 Å². The first-order valence-electron chi connectivity index (χ1n) is 6.49. The number of rotatable bonds is 2. The van der Waals surface area contributed by atoms with Crippen molar-refractivity contribution < 1.29 is 4.79 Å². The number of carbonyl (C=O) groups is 1. The summed E-state index contributed by atoms with van der Waals surface area (Å²) in [4.78, 5) is 14.3. The van der Waals surface area contributed by atoms with Crippen LogP contribution in [0.4, 0.5) is 0 Å². The number of halogens is 2. The van der Waals surface area contributed by atoms with Crippen molar-refractivity contribution in [2.75, 3.05) is 13.1 Å². The lowest BCUT2D eigenvalue weighted by molar-refractivity contribution is 0.0681. The van der Waals surface area contributed by atoms with E-state index in [4.69, 9.17) is 17.3 Å². The van der Waals surface area contributed by atoms with Gasteiger partial charge >= 0.3 is 0 Å². The van der Waals surface area contributed by atoms with Crippen LogP contribution in [-0.2, 0) is 0 Å². The number of amides is 1. The minimum absolute atomic E-state index is 0.0145. The van der Waals surface area contributed by atoms with Crippen LogP contribution in [0.25, 0.3) is 0 Å². The summed E-state index contributed by atoms with van der Waals surface area (Å²) >= 11 is 9.47. The van der Waals surface area contributed by atoms with Gasteiger partial charge in [-0.3, -0.25) is 4.79 Å². The molecule has 0 spiro atoms. The van der Waals surface area contributed by atoms with Crippen molar-refractivity contribution in [2.24, 2.45) is 11.7 Å². The van der Waals surface area contributed by atoms with E-state index in [2.05, 4.69) is 15.9 Å². The molecule has 0 saturated carbocycles. The number of nitrogens with two attached hydrogens (primary N) is 1. The molecule has 1 aliphatic rings. The second kappa shape index (κ2) is 6.25. The molecule has 2 rings (SSSR count). The molecule has 0 bridgehead atoms. The quantitative estimate of drug-likeness (QED) is 0.894. The zero-order valence-corrected chi connectivity index (χ0v) is 13.2. The second-order valence-corrected chi connectivity index (χ2v) is 6.44. The molecule has 1 aromatic rings. The second-order valence-electron chi connectivity index (χ2n) is 5.11. The van der Waals surface area contributed by atoms with Gasteiger partial charge in [0.25, 0.3) is 5.91 Å². The van der Waals surface area contributed by atoms with E-state index in [1.54, 1.807) is 12.1 Å². The van der Waals surface area contributed by atoms with E-state index in [1.165, 1.54) is 0 Å². The monoisotopic (exact) mass is 344 g/mol. The highest BCUT2D eigenvalue weighted by Gasteiger charge is 2.26. The predicted molar refractivity (Wildman–Crippen MR) is 81.4 cm³/mol. The van der Waals surface area contributed by atoms with E-state index < -0.39 is 0 Å². The summed E-state index contributed by atoms with van der Waals surface area (Å²) in [6.45, 7) is 3.56. The first-order valence-corrected chi connectivity index (χ1v) is 7.66. The van der Waals surface area contributed by atoms with Crippen LogP contribution in [0.2, 0.25) is 5.02 Å². The summed E-state index contributed by atoms with van der Waals surface area (Å²) in [6, 6.07) is 5.57. The molecule has 1 heterocycles. The third-order valence-corrected chi connectivity index (χ3v) is 4.54. The fraction of sp³-hybridized carbons (Fsp3) is 0.500. The highest BCUT2D eigenvalue weighted by atomic mass is 79.9. The Labute approximate surface area is 127 Å². The molecule has 1 fully saturated rings. The summed E-state index contributed by atoms with van der Waals surface area (Å²) < 4.78 is 0.879. The van der Waals surface area contributed by atoms with Crippen LogP contribution in [0.15, 0.2) is 22.7 Å². The SMILES string of the molecule is CC(N)C1CCN(C(=O)c2ccc(Br)cc2Cl)CC1. The van der Waals surface area contributed by atoms with Gasteiger partial charge in [0.1, 0.15) is 0 Å². The molecule has 0 aromatic heterocycles. The maximum Gasteiger partial charge on any atom is 0.255 e. The average molecular weight is 346 g/mol. The number of hydrogen-bond donors (Lipinski definition) is 1. The van der Waals surface area contributed by atoms with Gasteiger partial charge in [0.2, 0.25) is 0 Å². The maximum absolute atomic E-state index is 12.4. The van der Waals surface area contributed by atoms with E-state index in [-0.39, 0.29) is 11.9 Å². The normalized spacial score (nSPS) is 18.4. The molecule has 0 aliphatic carbocycles. The molecule has 19 heavy (non-hydrogen) atoms. The van der Waals surface area contributed by atoms with Crippen molar-refractivity contribution in [3.05, 3.63) is 33.3 Å². The molecule has 1 unspecified atom stereocenters. The van der Waals surface area contributed by atoms with E-state index >= 15 is 0 Å². The van der Waals surface area contributed by atoms with Crippen molar-refractivity contribution in [2.45, 2.75) is 25.8 Å². The molecule has 1 amide bonds. The van der Waals surface area contributed by atoms with E-state index in [0.717, 1.165) is 30.4 Å². The highest BCUT2D eigenvalue weighted by molar-refractivity contribution is 9.10. The molecule has 104 valence electrons. The Morgan fingerprint density at radius 3 is 2.63 bits per heavy atom. The van der Waals surface area contributed by atoms with Gasteiger partial charge in [-0.05, 0) is 43.9 Å². The highest BCUT2D eigenvalue weighted by Crippen LogP contribution is 2.25. The number of carbonyl (C=O) groups excluding carboxylic acids is 1. The van der Waals surface area contributed by atoms with Crippen molar-refractivity contribution in [1.82, 2.24) is 4.90 Å². The predicted octanol–water partition coefficient (Wildman–Crippen LogP) is 3.30. The molecule has 0 radical (unpaired) electrons. The van der Waals surface area contributed by atoms with Gasteiger partial charge in [-0.1, -0.05) is 27.5 Å². The zero-order chi connectivity index (χ0) is 14.0. The lowest BCUT2D eigenvalue weighted by Crippen LogP contribution is -2.42. The zero-order valence-electron chi connectivity index (χ0n) is 10.9. The minimum atomic E-state index is 0.0145. The standard InChI is InChI=1S/C14H18BrClN2O/c1-9(17)10-4-6-18(7-5-10)14(19)12-3-2-11(15)8-13(12)16/h2-3,8-10H,4-7,17H2,1H3. The summed E-state index contributed by atoms with van der Waals surface area (Å²) in [5.41, 5.74) is 6.48. The number of piperidine rings is 1. The van der Waals surface area contributed by atoms with E-state index in [9.17, 15) is 4.79 Å². The van der Waals surface area contributed by atoms with Crippen molar-refractivity contribution >= 4 is 33.4 Å². The van der Waals surface area contributed by atoms with Gasteiger partial charge in [-0.25, -0.2) is 0 Å². The van der Waals surface area contributed by atoms with Gasteiger partial charge in [-0.15, -0.1) is 0 Å². The van der Waals surface area contributed by atoms with E-state index in [1.807, 2.05) is 17.9 Å². The Morgan fingerprint density at radius 2 is 2.11 bits per heavy atom. The van der Waals surface area contributed by atoms with Crippen LogP contribution in [0.3, 0.4) is 0 Å². The largest absolute Gasteiger partial charge is 0.339 e. The third kappa shape index (κ3) is 3.50.